The Labute approximate surface area is 114 Å². The Hall–Kier alpha value is -2.01. The molecule has 98 valence electrons. The van der Waals surface area contributed by atoms with Gasteiger partial charge in [0.15, 0.2) is 5.78 Å². The van der Waals surface area contributed by atoms with Gasteiger partial charge in [0.05, 0.1) is 10.7 Å². The smallest absolute Gasteiger partial charge is 0.311 e. The summed E-state index contributed by atoms with van der Waals surface area (Å²) in [6.07, 6.45) is -0.488. The minimum atomic E-state index is -1.11. The van der Waals surface area contributed by atoms with Crippen molar-refractivity contribution < 1.29 is 14.7 Å². The van der Waals surface area contributed by atoms with E-state index in [9.17, 15) is 9.59 Å². The molecular weight excluding hydrogens is 262 g/mol. The summed E-state index contributed by atoms with van der Waals surface area (Å²) in [5, 5.41) is 9.61. The fourth-order valence-corrected chi connectivity index (χ4v) is 2.72. The van der Waals surface area contributed by atoms with E-state index < -0.39 is 12.4 Å². The fourth-order valence-electron chi connectivity index (χ4n) is 1.88. The lowest BCUT2D eigenvalue weighted by atomic mass is 10.0. The fraction of sp³-hybridized carbons (Fsp3) is 0.214. The zero-order chi connectivity index (χ0) is 14.0. The van der Waals surface area contributed by atoms with Gasteiger partial charge >= 0.3 is 5.97 Å². The number of nitrogens with zero attached hydrogens (tertiary/aromatic N) is 1. The van der Waals surface area contributed by atoms with Crippen LogP contribution in [0.4, 0.5) is 0 Å². The number of ketones is 1. The minimum absolute atomic E-state index is 0.390. The van der Waals surface area contributed by atoms with Crippen molar-refractivity contribution >= 4 is 23.1 Å². The van der Waals surface area contributed by atoms with Gasteiger partial charge in [0.2, 0.25) is 0 Å². The van der Waals surface area contributed by atoms with E-state index in [4.69, 9.17) is 5.11 Å². The number of benzene rings is 1. The summed E-state index contributed by atoms with van der Waals surface area (Å²) in [5.74, 6) is -1.50. The molecule has 2 rings (SSSR count). The summed E-state index contributed by atoms with van der Waals surface area (Å²) < 4.78 is 0. The highest BCUT2D eigenvalue weighted by atomic mass is 32.1. The molecule has 0 saturated heterocycles. The molecular formula is C14H13NO3S. The highest BCUT2D eigenvalue weighted by Gasteiger charge is 2.13. The number of aryl methyl sites for hydroxylation is 2. The first kappa shape index (κ1) is 13.4. The molecule has 1 aromatic heterocycles. The first-order valence-corrected chi connectivity index (χ1v) is 6.58. The lowest BCUT2D eigenvalue weighted by Gasteiger charge is -2.02. The standard InChI is InChI=1S/C14H13NO3S/c1-8-14(15-9(2)19-8)11-5-3-4-10(6-11)12(16)7-13(17)18/h3-6H,7H2,1-2H3,(H,17,18). The topological polar surface area (TPSA) is 67.3 Å². The zero-order valence-corrected chi connectivity index (χ0v) is 11.5. The zero-order valence-electron chi connectivity index (χ0n) is 10.6. The van der Waals surface area contributed by atoms with Crippen molar-refractivity contribution in [1.29, 1.82) is 0 Å². The molecule has 0 saturated carbocycles. The van der Waals surface area contributed by atoms with Gasteiger partial charge in [0, 0.05) is 16.0 Å². The Morgan fingerprint density at radius 2 is 2.05 bits per heavy atom. The van der Waals surface area contributed by atoms with Crippen molar-refractivity contribution in [3.63, 3.8) is 0 Å². The van der Waals surface area contributed by atoms with E-state index in [0.717, 1.165) is 21.1 Å². The number of thiazole rings is 1. The number of carboxylic acids is 1. The summed E-state index contributed by atoms with van der Waals surface area (Å²) in [6.45, 7) is 3.91. The van der Waals surface area contributed by atoms with Crippen LogP contribution in [0.15, 0.2) is 24.3 Å². The highest BCUT2D eigenvalue weighted by molar-refractivity contribution is 7.11. The van der Waals surface area contributed by atoms with Gasteiger partial charge in [0.25, 0.3) is 0 Å². The number of Topliss-reactive ketones (excluding diaryl/α,β-unsaturated/α-hetero) is 1. The molecule has 0 aliphatic heterocycles. The third-order valence-electron chi connectivity index (χ3n) is 2.67. The van der Waals surface area contributed by atoms with E-state index in [0.29, 0.717) is 5.56 Å². The number of aliphatic carboxylic acids is 1. The summed E-state index contributed by atoms with van der Waals surface area (Å²) in [6, 6.07) is 6.95. The van der Waals surface area contributed by atoms with Crippen LogP contribution in [0, 0.1) is 13.8 Å². The Bertz CT molecular complexity index is 646. The first-order valence-electron chi connectivity index (χ1n) is 5.77. The van der Waals surface area contributed by atoms with Crippen molar-refractivity contribution in [3.05, 3.63) is 39.7 Å². The van der Waals surface area contributed by atoms with Gasteiger partial charge in [-0.2, -0.15) is 0 Å². The van der Waals surface area contributed by atoms with Gasteiger partial charge in [-0.3, -0.25) is 9.59 Å². The van der Waals surface area contributed by atoms with Crippen molar-refractivity contribution in [2.45, 2.75) is 20.3 Å². The summed E-state index contributed by atoms with van der Waals surface area (Å²) >= 11 is 1.60. The molecule has 0 radical (unpaired) electrons. The third kappa shape index (κ3) is 3.06. The molecule has 1 N–H and O–H groups in total. The Kier molecular flexibility index (Phi) is 3.76. The maximum Gasteiger partial charge on any atom is 0.311 e. The predicted molar refractivity (Wildman–Crippen MR) is 73.6 cm³/mol. The summed E-state index contributed by atoms with van der Waals surface area (Å²) in [4.78, 5) is 27.8. The quantitative estimate of drug-likeness (QED) is 0.687. The second-order valence-electron chi connectivity index (χ2n) is 4.21. The van der Waals surface area contributed by atoms with E-state index in [-0.39, 0.29) is 5.78 Å². The van der Waals surface area contributed by atoms with Crippen LogP contribution in [0.2, 0.25) is 0 Å². The molecule has 0 fully saturated rings. The van der Waals surface area contributed by atoms with Crippen LogP contribution in [0.25, 0.3) is 11.3 Å². The van der Waals surface area contributed by atoms with Gasteiger partial charge in [-0.1, -0.05) is 18.2 Å². The molecule has 0 atom stereocenters. The number of hydrogen-bond donors (Lipinski definition) is 1. The predicted octanol–water partition coefficient (Wildman–Crippen LogP) is 3.08. The van der Waals surface area contributed by atoms with E-state index in [1.807, 2.05) is 19.9 Å². The van der Waals surface area contributed by atoms with Gasteiger partial charge < -0.3 is 5.11 Å². The monoisotopic (exact) mass is 275 g/mol. The molecule has 1 aromatic carbocycles. The highest BCUT2D eigenvalue weighted by Crippen LogP contribution is 2.27. The second kappa shape index (κ2) is 5.32. The Morgan fingerprint density at radius 1 is 1.32 bits per heavy atom. The Balaban J connectivity index is 2.37. The van der Waals surface area contributed by atoms with Gasteiger partial charge in [0.1, 0.15) is 6.42 Å². The van der Waals surface area contributed by atoms with Crippen LogP contribution in [-0.4, -0.2) is 21.8 Å². The number of carboxylic acid groups (broad SMARTS) is 1. The molecule has 0 unspecified atom stereocenters. The van der Waals surface area contributed by atoms with Crippen molar-refractivity contribution in [2.24, 2.45) is 0 Å². The molecule has 4 nitrogen and oxygen atoms in total. The maximum atomic E-state index is 11.7. The van der Waals surface area contributed by atoms with Gasteiger partial charge in [-0.05, 0) is 19.9 Å². The van der Waals surface area contributed by atoms with E-state index in [1.165, 1.54) is 0 Å². The molecule has 0 spiro atoms. The lowest BCUT2D eigenvalue weighted by Crippen LogP contribution is -2.06. The number of aromatic nitrogens is 1. The van der Waals surface area contributed by atoms with Crippen molar-refractivity contribution in [1.82, 2.24) is 4.98 Å². The average molecular weight is 275 g/mol. The molecule has 0 aliphatic rings. The number of hydrogen-bond acceptors (Lipinski definition) is 4. The van der Waals surface area contributed by atoms with E-state index in [2.05, 4.69) is 4.98 Å². The first-order chi connectivity index (χ1) is 8.97. The molecule has 1 heterocycles. The average Bonchev–Trinajstić information content (AvgIpc) is 2.68. The molecule has 0 bridgehead atoms. The Morgan fingerprint density at radius 3 is 2.63 bits per heavy atom. The van der Waals surface area contributed by atoms with Crippen LogP contribution in [0.3, 0.4) is 0 Å². The lowest BCUT2D eigenvalue weighted by molar-refractivity contribution is -0.135. The van der Waals surface area contributed by atoms with Gasteiger partial charge in [-0.15, -0.1) is 11.3 Å². The number of rotatable bonds is 4. The van der Waals surface area contributed by atoms with E-state index in [1.54, 1.807) is 29.5 Å². The van der Waals surface area contributed by atoms with Gasteiger partial charge in [-0.25, -0.2) is 4.98 Å². The van der Waals surface area contributed by atoms with E-state index >= 15 is 0 Å². The van der Waals surface area contributed by atoms with Crippen LogP contribution < -0.4 is 0 Å². The second-order valence-corrected chi connectivity index (χ2v) is 5.62. The SMILES string of the molecule is Cc1nc(-c2cccc(C(=O)CC(=O)O)c2)c(C)s1. The molecule has 2 aromatic rings. The molecule has 0 aliphatic carbocycles. The minimum Gasteiger partial charge on any atom is -0.481 e. The summed E-state index contributed by atoms with van der Waals surface area (Å²) in [7, 11) is 0. The maximum absolute atomic E-state index is 11.7. The van der Waals surface area contributed by atoms with Crippen LogP contribution in [0.1, 0.15) is 26.7 Å². The molecule has 5 heteroatoms. The normalized spacial score (nSPS) is 10.4. The number of carbonyl (C=O) groups is 2. The largest absolute Gasteiger partial charge is 0.481 e. The van der Waals surface area contributed by atoms with Crippen LogP contribution >= 0.6 is 11.3 Å². The van der Waals surface area contributed by atoms with Crippen molar-refractivity contribution in [2.75, 3.05) is 0 Å². The number of carbonyl (C=O) groups excluding carboxylic acids is 1. The molecule has 0 amide bonds. The van der Waals surface area contributed by atoms with Crippen LogP contribution in [-0.2, 0) is 4.79 Å². The summed E-state index contributed by atoms with van der Waals surface area (Å²) in [5.41, 5.74) is 2.11. The van der Waals surface area contributed by atoms with Crippen molar-refractivity contribution in [3.8, 4) is 11.3 Å². The van der Waals surface area contributed by atoms with Crippen LogP contribution in [0.5, 0.6) is 0 Å². The third-order valence-corrected chi connectivity index (χ3v) is 3.56. The molecule has 19 heavy (non-hydrogen) atoms.